The molecule has 0 saturated heterocycles. The van der Waals surface area contributed by atoms with Gasteiger partial charge in [-0.25, -0.2) is 0 Å². The van der Waals surface area contributed by atoms with Crippen LogP contribution in [0.1, 0.15) is 19.4 Å². The average molecular weight is 281 g/mol. The number of aliphatic hydroxyl groups excluding tert-OH is 1. The fourth-order valence-electron chi connectivity index (χ4n) is 1.63. The molecule has 0 aromatic heterocycles. The molecule has 1 aromatic rings. The van der Waals surface area contributed by atoms with Crippen molar-refractivity contribution in [2.45, 2.75) is 26.4 Å². The van der Waals surface area contributed by atoms with Gasteiger partial charge in [0.2, 0.25) is 0 Å². The van der Waals surface area contributed by atoms with E-state index < -0.39 is 6.10 Å². The van der Waals surface area contributed by atoms with Gasteiger partial charge in [0.25, 0.3) is 0 Å². The van der Waals surface area contributed by atoms with Crippen LogP contribution in [0.2, 0.25) is 0 Å². The average Bonchev–Trinajstić information content (AvgIpc) is 2.46. The Labute approximate surface area is 119 Å². The maximum atomic E-state index is 11.1. The summed E-state index contributed by atoms with van der Waals surface area (Å²) in [6.45, 7) is 4.77. The summed E-state index contributed by atoms with van der Waals surface area (Å²) in [5.41, 5.74) is 1.24. The molecule has 1 aromatic carbocycles. The van der Waals surface area contributed by atoms with Gasteiger partial charge >= 0.3 is 5.97 Å². The highest BCUT2D eigenvalue weighted by molar-refractivity contribution is 5.71. The molecule has 1 atom stereocenters. The highest BCUT2D eigenvalue weighted by Gasteiger charge is 2.07. The van der Waals surface area contributed by atoms with Crippen LogP contribution in [0.25, 0.3) is 0 Å². The van der Waals surface area contributed by atoms with E-state index in [0.29, 0.717) is 6.61 Å². The minimum absolute atomic E-state index is 0.0934. The molecule has 0 saturated carbocycles. The van der Waals surface area contributed by atoms with Crippen LogP contribution in [-0.4, -0.2) is 43.5 Å². The van der Waals surface area contributed by atoms with Crippen LogP contribution >= 0.6 is 0 Å². The number of carbonyl (C=O) groups is 1. The molecule has 5 heteroatoms. The van der Waals surface area contributed by atoms with Crippen LogP contribution < -0.4 is 10.1 Å². The van der Waals surface area contributed by atoms with Crippen LogP contribution in [0.3, 0.4) is 0 Å². The second-order valence-corrected chi connectivity index (χ2v) is 4.40. The first-order valence-electron chi connectivity index (χ1n) is 6.91. The van der Waals surface area contributed by atoms with Gasteiger partial charge in [-0.1, -0.05) is 19.1 Å². The van der Waals surface area contributed by atoms with E-state index in [1.807, 2.05) is 24.3 Å². The molecule has 0 bridgehead atoms. The molecule has 112 valence electrons. The van der Waals surface area contributed by atoms with Gasteiger partial charge in [0.1, 0.15) is 18.5 Å². The zero-order valence-corrected chi connectivity index (χ0v) is 12.1. The van der Waals surface area contributed by atoms with Crippen molar-refractivity contribution in [2.24, 2.45) is 0 Å². The Kier molecular flexibility index (Phi) is 7.69. The molecule has 20 heavy (non-hydrogen) atoms. The zero-order valence-electron chi connectivity index (χ0n) is 12.1. The predicted octanol–water partition coefficient (Wildman–Crippen LogP) is 1.14. The third kappa shape index (κ3) is 6.54. The van der Waals surface area contributed by atoms with E-state index in [-0.39, 0.29) is 25.7 Å². The standard InChI is InChI=1S/C15H23NO4/c1-3-12-5-7-14(8-6-12)20-11-13(17)9-16-10-15(18)19-4-2/h5-8,13,16-17H,3-4,9-11H2,1-2H3. The summed E-state index contributed by atoms with van der Waals surface area (Å²) >= 11 is 0. The molecule has 1 rings (SSSR count). The van der Waals surface area contributed by atoms with Gasteiger partial charge in [-0.15, -0.1) is 0 Å². The lowest BCUT2D eigenvalue weighted by molar-refractivity contribution is -0.142. The van der Waals surface area contributed by atoms with Crippen molar-refractivity contribution < 1.29 is 19.4 Å². The molecule has 0 radical (unpaired) electrons. The molecule has 0 aliphatic heterocycles. The number of ether oxygens (including phenoxy) is 2. The third-order valence-corrected chi connectivity index (χ3v) is 2.73. The molecule has 0 heterocycles. The molecule has 2 N–H and O–H groups in total. The van der Waals surface area contributed by atoms with Crippen molar-refractivity contribution in [1.82, 2.24) is 5.32 Å². The molecular weight excluding hydrogens is 258 g/mol. The topological polar surface area (TPSA) is 67.8 Å². The van der Waals surface area contributed by atoms with E-state index in [9.17, 15) is 9.90 Å². The van der Waals surface area contributed by atoms with Gasteiger partial charge in [0.05, 0.1) is 13.2 Å². The number of hydrogen-bond acceptors (Lipinski definition) is 5. The summed E-state index contributed by atoms with van der Waals surface area (Å²) in [4.78, 5) is 11.1. The Morgan fingerprint density at radius 2 is 2.00 bits per heavy atom. The summed E-state index contributed by atoms with van der Waals surface area (Å²) in [5, 5.41) is 12.5. The number of nitrogens with one attached hydrogen (secondary N) is 1. The SMILES string of the molecule is CCOC(=O)CNCC(O)COc1ccc(CC)cc1. The third-order valence-electron chi connectivity index (χ3n) is 2.73. The van der Waals surface area contributed by atoms with Gasteiger partial charge in [-0.2, -0.15) is 0 Å². The first kappa shape index (κ1) is 16.5. The van der Waals surface area contributed by atoms with Gasteiger partial charge in [0.15, 0.2) is 0 Å². The molecule has 5 nitrogen and oxygen atoms in total. The lowest BCUT2D eigenvalue weighted by Gasteiger charge is -2.13. The van der Waals surface area contributed by atoms with E-state index in [1.54, 1.807) is 6.92 Å². The highest BCUT2D eigenvalue weighted by atomic mass is 16.5. The predicted molar refractivity (Wildman–Crippen MR) is 76.8 cm³/mol. The molecule has 0 spiro atoms. The molecule has 0 fully saturated rings. The summed E-state index contributed by atoms with van der Waals surface area (Å²) in [6, 6.07) is 7.77. The van der Waals surface area contributed by atoms with Crippen LogP contribution in [-0.2, 0) is 16.0 Å². The first-order valence-corrected chi connectivity index (χ1v) is 6.91. The minimum atomic E-state index is -0.671. The minimum Gasteiger partial charge on any atom is -0.491 e. The van der Waals surface area contributed by atoms with Crippen LogP contribution in [0.15, 0.2) is 24.3 Å². The van der Waals surface area contributed by atoms with Gasteiger partial charge in [-0.05, 0) is 31.0 Å². The largest absolute Gasteiger partial charge is 0.491 e. The van der Waals surface area contributed by atoms with Crippen molar-refractivity contribution in [3.8, 4) is 5.75 Å². The van der Waals surface area contributed by atoms with E-state index >= 15 is 0 Å². The maximum Gasteiger partial charge on any atom is 0.319 e. The Morgan fingerprint density at radius 1 is 1.30 bits per heavy atom. The van der Waals surface area contributed by atoms with Gasteiger partial charge < -0.3 is 19.9 Å². The Morgan fingerprint density at radius 3 is 2.60 bits per heavy atom. The van der Waals surface area contributed by atoms with Crippen molar-refractivity contribution in [3.63, 3.8) is 0 Å². The van der Waals surface area contributed by atoms with E-state index in [4.69, 9.17) is 9.47 Å². The zero-order chi connectivity index (χ0) is 14.8. The van der Waals surface area contributed by atoms with Crippen LogP contribution in [0.5, 0.6) is 5.75 Å². The maximum absolute atomic E-state index is 11.1. The number of rotatable bonds is 9. The van der Waals surface area contributed by atoms with Crippen LogP contribution in [0.4, 0.5) is 0 Å². The number of aliphatic hydroxyl groups is 1. The molecule has 0 amide bonds. The summed E-state index contributed by atoms with van der Waals surface area (Å²) in [5.74, 6) is 0.405. The van der Waals surface area contributed by atoms with E-state index in [0.717, 1.165) is 12.2 Å². The number of benzene rings is 1. The lowest BCUT2D eigenvalue weighted by Crippen LogP contribution is -2.35. The highest BCUT2D eigenvalue weighted by Crippen LogP contribution is 2.12. The van der Waals surface area contributed by atoms with Crippen LogP contribution in [0, 0.1) is 0 Å². The Hall–Kier alpha value is -1.59. The fourth-order valence-corrected chi connectivity index (χ4v) is 1.63. The second kappa shape index (κ2) is 9.34. The second-order valence-electron chi connectivity index (χ2n) is 4.40. The Bertz CT molecular complexity index is 391. The fraction of sp³-hybridized carbons (Fsp3) is 0.533. The van der Waals surface area contributed by atoms with Crippen molar-refractivity contribution >= 4 is 5.97 Å². The summed E-state index contributed by atoms with van der Waals surface area (Å²) in [7, 11) is 0. The molecule has 1 unspecified atom stereocenters. The summed E-state index contributed by atoms with van der Waals surface area (Å²) < 4.78 is 10.2. The quantitative estimate of drug-likeness (QED) is 0.664. The number of carbonyl (C=O) groups excluding carboxylic acids is 1. The number of aryl methyl sites for hydroxylation is 1. The number of hydrogen-bond donors (Lipinski definition) is 2. The van der Waals surface area contributed by atoms with Crippen molar-refractivity contribution in [3.05, 3.63) is 29.8 Å². The first-order chi connectivity index (χ1) is 9.65. The van der Waals surface area contributed by atoms with Crippen molar-refractivity contribution in [2.75, 3.05) is 26.3 Å². The van der Waals surface area contributed by atoms with E-state index in [1.165, 1.54) is 5.56 Å². The smallest absolute Gasteiger partial charge is 0.319 e. The monoisotopic (exact) mass is 281 g/mol. The van der Waals surface area contributed by atoms with E-state index in [2.05, 4.69) is 12.2 Å². The van der Waals surface area contributed by atoms with Crippen molar-refractivity contribution in [1.29, 1.82) is 0 Å². The summed E-state index contributed by atoms with van der Waals surface area (Å²) in [6.07, 6.45) is 0.316. The molecule has 0 aliphatic rings. The molecule has 0 aliphatic carbocycles. The van der Waals surface area contributed by atoms with Gasteiger partial charge in [-0.3, -0.25) is 4.79 Å². The normalized spacial score (nSPS) is 11.9. The molecular formula is C15H23NO4. The van der Waals surface area contributed by atoms with Gasteiger partial charge in [0, 0.05) is 6.54 Å². The Balaban J connectivity index is 2.18. The lowest BCUT2D eigenvalue weighted by atomic mass is 10.2. The number of esters is 1.